The van der Waals surface area contributed by atoms with Gasteiger partial charge in [0.15, 0.2) is 11.6 Å². The zero-order chi connectivity index (χ0) is 15.3. The lowest BCUT2D eigenvalue weighted by atomic mass is 10.1. The van der Waals surface area contributed by atoms with Crippen LogP contribution in [0.5, 0.6) is 0 Å². The number of nitrogens with zero attached hydrogens (tertiary/aromatic N) is 3. The van der Waals surface area contributed by atoms with Crippen LogP contribution in [-0.2, 0) is 13.1 Å². The van der Waals surface area contributed by atoms with Crippen LogP contribution in [0.2, 0.25) is 0 Å². The Labute approximate surface area is 124 Å². The molecule has 2 aromatic rings. The first kappa shape index (κ1) is 15.4. The lowest BCUT2D eigenvalue weighted by Gasteiger charge is -2.21. The fourth-order valence-electron chi connectivity index (χ4n) is 1.83. The molecule has 0 fully saturated rings. The molecule has 2 aromatic heterocycles. The summed E-state index contributed by atoms with van der Waals surface area (Å²) in [5, 5.41) is 10.4. The van der Waals surface area contributed by atoms with Crippen LogP contribution in [0, 0.1) is 5.82 Å². The fourth-order valence-corrected chi connectivity index (χ4v) is 1.83. The third-order valence-electron chi connectivity index (χ3n) is 2.97. The third-order valence-corrected chi connectivity index (χ3v) is 2.97. The molecule has 6 heteroatoms. The highest BCUT2D eigenvalue weighted by atomic mass is 19.1. The van der Waals surface area contributed by atoms with E-state index in [4.69, 9.17) is 0 Å². The van der Waals surface area contributed by atoms with E-state index in [2.05, 4.69) is 41.5 Å². The molecule has 0 aromatic carbocycles. The van der Waals surface area contributed by atoms with Gasteiger partial charge in [-0.2, -0.15) is 5.10 Å². The molecule has 0 bridgehead atoms. The first-order chi connectivity index (χ1) is 9.96. The van der Waals surface area contributed by atoms with Crippen molar-refractivity contribution in [2.45, 2.75) is 39.4 Å². The lowest BCUT2D eigenvalue weighted by Crippen LogP contribution is -2.35. The van der Waals surface area contributed by atoms with E-state index < -0.39 is 0 Å². The number of nitrogens with one attached hydrogen (secondary N) is 2. The molecule has 0 aliphatic heterocycles. The zero-order valence-electron chi connectivity index (χ0n) is 12.7. The van der Waals surface area contributed by atoms with Crippen molar-refractivity contribution in [2.75, 3.05) is 11.9 Å². The molecule has 0 saturated heterocycles. The Morgan fingerprint density at radius 2 is 2.10 bits per heavy atom. The molecule has 2 N–H and O–H groups in total. The number of hydrogen-bond donors (Lipinski definition) is 2. The summed E-state index contributed by atoms with van der Waals surface area (Å²) in [6.07, 6.45) is 5.21. The molecule has 0 aliphatic carbocycles. The number of anilines is 1. The fraction of sp³-hybridized carbons (Fsp3) is 0.467. The summed E-state index contributed by atoms with van der Waals surface area (Å²) in [4.78, 5) is 4.06. The number of halogens is 1. The Morgan fingerprint density at radius 3 is 2.76 bits per heavy atom. The van der Waals surface area contributed by atoms with Gasteiger partial charge in [-0.3, -0.25) is 4.68 Å². The minimum atomic E-state index is -0.297. The number of aromatic nitrogens is 3. The van der Waals surface area contributed by atoms with Crippen molar-refractivity contribution in [3.63, 3.8) is 0 Å². The average Bonchev–Trinajstić information content (AvgIpc) is 2.91. The zero-order valence-corrected chi connectivity index (χ0v) is 12.7. The summed E-state index contributed by atoms with van der Waals surface area (Å²) < 4.78 is 16.1. The van der Waals surface area contributed by atoms with Gasteiger partial charge < -0.3 is 10.6 Å². The van der Waals surface area contributed by atoms with E-state index in [0.29, 0.717) is 25.2 Å². The van der Waals surface area contributed by atoms with Crippen molar-refractivity contribution in [2.24, 2.45) is 0 Å². The van der Waals surface area contributed by atoms with E-state index >= 15 is 0 Å². The van der Waals surface area contributed by atoms with Crippen LogP contribution in [-0.4, -0.2) is 26.8 Å². The topological polar surface area (TPSA) is 54.8 Å². The van der Waals surface area contributed by atoms with Crippen molar-refractivity contribution < 1.29 is 4.39 Å². The molecule has 5 nitrogen and oxygen atoms in total. The maximum Gasteiger partial charge on any atom is 0.169 e. The van der Waals surface area contributed by atoms with Crippen LogP contribution in [0.3, 0.4) is 0 Å². The maximum absolute atomic E-state index is 14.3. The van der Waals surface area contributed by atoms with Crippen LogP contribution in [0.1, 0.15) is 26.3 Å². The third kappa shape index (κ3) is 4.82. The molecule has 2 heterocycles. The molecule has 0 radical (unpaired) electrons. The molecule has 0 unspecified atom stereocenters. The van der Waals surface area contributed by atoms with E-state index in [-0.39, 0.29) is 17.2 Å². The van der Waals surface area contributed by atoms with Crippen molar-refractivity contribution in [3.05, 3.63) is 42.1 Å². The highest BCUT2D eigenvalue weighted by molar-refractivity contribution is 5.39. The predicted octanol–water partition coefficient (Wildman–Crippen LogP) is 2.42. The van der Waals surface area contributed by atoms with Gasteiger partial charge in [-0.1, -0.05) is 0 Å². The van der Waals surface area contributed by atoms with Gasteiger partial charge in [0.1, 0.15) is 0 Å². The van der Waals surface area contributed by atoms with E-state index in [1.807, 2.05) is 12.3 Å². The van der Waals surface area contributed by atoms with Crippen molar-refractivity contribution in [1.29, 1.82) is 0 Å². The van der Waals surface area contributed by atoms with Crippen LogP contribution in [0.25, 0.3) is 0 Å². The highest BCUT2D eigenvalue weighted by Crippen LogP contribution is 2.15. The van der Waals surface area contributed by atoms with Gasteiger partial charge in [-0.25, -0.2) is 9.37 Å². The summed E-state index contributed by atoms with van der Waals surface area (Å²) in [6, 6.07) is 3.56. The van der Waals surface area contributed by atoms with Crippen LogP contribution >= 0.6 is 0 Å². The molecule has 21 heavy (non-hydrogen) atoms. The number of pyridine rings is 1. The predicted molar refractivity (Wildman–Crippen MR) is 81.5 cm³/mol. The van der Waals surface area contributed by atoms with Crippen LogP contribution in [0.4, 0.5) is 10.2 Å². The first-order valence-corrected chi connectivity index (χ1v) is 7.05. The first-order valence-electron chi connectivity index (χ1n) is 7.05. The van der Waals surface area contributed by atoms with E-state index in [1.54, 1.807) is 23.1 Å². The summed E-state index contributed by atoms with van der Waals surface area (Å²) in [5.41, 5.74) is 0.560. The number of rotatable bonds is 6. The molecular weight excluding hydrogens is 269 g/mol. The molecule has 0 aliphatic rings. The Balaban J connectivity index is 1.93. The van der Waals surface area contributed by atoms with Crippen LogP contribution < -0.4 is 10.6 Å². The van der Waals surface area contributed by atoms with Crippen LogP contribution in [0.15, 0.2) is 30.7 Å². The van der Waals surface area contributed by atoms with Crippen molar-refractivity contribution in [1.82, 2.24) is 20.1 Å². The lowest BCUT2D eigenvalue weighted by molar-refractivity contribution is 0.418. The standard InChI is InChI=1S/C15H22FN5/c1-15(2,3)19-11-12-5-7-17-14(13(12)16)18-8-10-21-9-4-6-20-21/h4-7,9,19H,8,10-11H2,1-3H3,(H,17,18). The van der Waals surface area contributed by atoms with Gasteiger partial charge in [0.25, 0.3) is 0 Å². The van der Waals surface area contributed by atoms with E-state index in [9.17, 15) is 4.39 Å². The monoisotopic (exact) mass is 291 g/mol. The number of hydrogen-bond acceptors (Lipinski definition) is 4. The summed E-state index contributed by atoms with van der Waals surface area (Å²) in [6.45, 7) is 7.87. The van der Waals surface area contributed by atoms with Gasteiger partial charge in [0.2, 0.25) is 0 Å². The quantitative estimate of drug-likeness (QED) is 0.858. The summed E-state index contributed by atoms with van der Waals surface area (Å²) in [7, 11) is 0. The second-order valence-electron chi connectivity index (χ2n) is 5.93. The minimum absolute atomic E-state index is 0.0522. The molecule has 2 rings (SSSR count). The van der Waals surface area contributed by atoms with Gasteiger partial charge in [-0.05, 0) is 32.9 Å². The van der Waals surface area contributed by atoms with Gasteiger partial charge in [0.05, 0.1) is 6.54 Å². The van der Waals surface area contributed by atoms with E-state index in [0.717, 1.165) is 0 Å². The molecule has 0 spiro atoms. The average molecular weight is 291 g/mol. The SMILES string of the molecule is CC(C)(C)NCc1ccnc(NCCn2cccn2)c1F. The maximum atomic E-state index is 14.3. The van der Waals surface area contributed by atoms with E-state index in [1.165, 1.54) is 0 Å². The summed E-state index contributed by atoms with van der Waals surface area (Å²) in [5.74, 6) is -0.00918. The molecular formula is C15H22FN5. The Bertz CT molecular complexity index is 560. The summed E-state index contributed by atoms with van der Waals surface area (Å²) >= 11 is 0. The molecule has 0 atom stereocenters. The Morgan fingerprint density at radius 1 is 1.29 bits per heavy atom. The van der Waals surface area contributed by atoms with Crippen molar-refractivity contribution in [3.8, 4) is 0 Å². The second kappa shape index (κ2) is 6.67. The normalized spacial score (nSPS) is 11.6. The van der Waals surface area contributed by atoms with Gasteiger partial charge in [0, 0.05) is 42.8 Å². The second-order valence-corrected chi connectivity index (χ2v) is 5.93. The van der Waals surface area contributed by atoms with Gasteiger partial charge >= 0.3 is 0 Å². The molecule has 114 valence electrons. The van der Waals surface area contributed by atoms with Crippen molar-refractivity contribution >= 4 is 5.82 Å². The smallest absolute Gasteiger partial charge is 0.169 e. The minimum Gasteiger partial charge on any atom is -0.366 e. The highest BCUT2D eigenvalue weighted by Gasteiger charge is 2.13. The Kier molecular flexibility index (Phi) is 4.90. The molecule has 0 amide bonds. The molecule has 0 saturated carbocycles. The van der Waals surface area contributed by atoms with Gasteiger partial charge in [-0.15, -0.1) is 0 Å². The largest absolute Gasteiger partial charge is 0.366 e. The Hall–Kier alpha value is -1.95.